The van der Waals surface area contributed by atoms with E-state index in [0.717, 1.165) is 18.5 Å². The zero-order valence-corrected chi connectivity index (χ0v) is 16.6. The number of likely N-dealkylation sites (N-methyl/N-ethyl adjacent to an activating group) is 1. The normalized spacial score (nSPS) is 10.9. The number of aromatic nitrogens is 2. The first-order valence-corrected chi connectivity index (χ1v) is 9.48. The summed E-state index contributed by atoms with van der Waals surface area (Å²) in [6, 6.07) is 5.93. The molecule has 27 heavy (non-hydrogen) atoms. The lowest BCUT2D eigenvalue weighted by Crippen LogP contribution is -2.36. The van der Waals surface area contributed by atoms with E-state index in [2.05, 4.69) is 15.5 Å². The first-order chi connectivity index (χ1) is 12.9. The molecule has 0 radical (unpaired) electrons. The van der Waals surface area contributed by atoms with Crippen molar-refractivity contribution in [2.24, 2.45) is 0 Å². The van der Waals surface area contributed by atoms with E-state index in [0.29, 0.717) is 18.1 Å². The van der Waals surface area contributed by atoms with Gasteiger partial charge in [-0.25, -0.2) is 4.39 Å². The SMILES string of the molecule is CCCN(CC(=O)N(C)C)Cc1nnc(C(=O)NCc2ccc(F)cc2)s1. The number of carbonyl (C=O) groups is 2. The van der Waals surface area contributed by atoms with E-state index < -0.39 is 0 Å². The van der Waals surface area contributed by atoms with Gasteiger partial charge in [-0.3, -0.25) is 14.5 Å². The monoisotopic (exact) mass is 393 g/mol. The third-order valence-corrected chi connectivity index (χ3v) is 4.69. The lowest BCUT2D eigenvalue weighted by atomic mass is 10.2. The van der Waals surface area contributed by atoms with Gasteiger partial charge in [-0.05, 0) is 30.7 Å². The summed E-state index contributed by atoms with van der Waals surface area (Å²) in [6.07, 6.45) is 0.907. The van der Waals surface area contributed by atoms with Crippen molar-refractivity contribution in [3.05, 3.63) is 45.7 Å². The second kappa shape index (κ2) is 10.1. The Bertz CT molecular complexity index is 763. The summed E-state index contributed by atoms with van der Waals surface area (Å²) < 4.78 is 12.9. The zero-order chi connectivity index (χ0) is 19.8. The van der Waals surface area contributed by atoms with E-state index in [1.807, 2.05) is 11.8 Å². The summed E-state index contributed by atoms with van der Waals surface area (Å²) in [4.78, 5) is 27.7. The van der Waals surface area contributed by atoms with Gasteiger partial charge in [0.05, 0.1) is 13.1 Å². The molecule has 7 nitrogen and oxygen atoms in total. The van der Waals surface area contributed by atoms with Gasteiger partial charge >= 0.3 is 0 Å². The quantitative estimate of drug-likeness (QED) is 0.704. The van der Waals surface area contributed by atoms with Crippen molar-refractivity contribution >= 4 is 23.2 Å². The van der Waals surface area contributed by atoms with Gasteiger partial charge in [0.25, 0.3) is 5.91 Å². The van der Waals surface area contributed by atoms with Crippen LogP contribution in [-0.2, 0) is 17.9 Å². The van der Waals surface area contributed by atoms with Crippen LogP contribution in [0, 0.1) is 5.82 Å². The standard InChI is InChI=1S/C18H24FN5O2S/c1-4-9-24(12-16(25)23(2)3)11-15-21-22-18(27-15)17(26)20-10-13-5-7-14(19)8-6-13/h5-8H,4,9-12H2,1-3H3,(H,20,26). The van der Waals surface area contributed by atoms with E-state index >= 15 is 0 Å². The van der Waals surface area contributed by atoms with Crippen molar-refractivity contribution in [1.82, 2.24) is 25.3 Å². The van der Waals surface area contributed by atoms with Crippen LogP contribution in [0.3, 0.4) is 0 Å². The molecule has 0 saturated carbocycles. The maximum atomic E-state index is 12.9. The van der Waals surface area contributed by atoms with Gasteiger partial charge in [0, 0.05) is 20.6 Å². The number of hydrogen-bond donors (Lipinski definition) is 1. The minimum absolute atomic E-state index is 0.0187. The summed E-state index contributed by atoms with van der Waals surface area (Å²) in [5, 5.41) is 11.7. The minimum atomic E-state index is -0.325. The summed E-state index contributed by atoms with van der Waals surface area (Å²) in [5.74, 6) is -0.622. The molecular formula is C18H24FN5O2S. The molecule has 0 aliphatic carbocycles. The highest BCUT2D eigenvalue weighted by atomic mass is 32.1. The topological polar surface area (TPSA) is 78.4 Å². The molecule has 9 heteroatoms. The molecule has 0 spiro atoms. The summed E-state index contributed by atoms with van der Waals surface area (Å²) in [7, 11) is 3.45. The average molecular weight is 393 g/mol. The predicted octanol–water partition coefficient (Wildman–Crippen LogP) is 1.91. The Hall–Kier alpha value is -2.39. The van der Waals surface area contributed by atoms with Crippen LogP contribution in [0.4, 0.5) is 4.39 Å². The van der Waals surface area contributed by atoms with Crippen molar-refractivity contribution in [1.29, 1.82) is 0 Å². The predicted molar refractivity (Wildman–Crippen MR) is 102 cm³/mol. The van der Waals surface area contributed by atoms with E-state index in [9.17, 15) is 14.0 Å². The van der Waals surface area contributed by atoms with E-state index in [4.69, 9.17) is 0 Å². The third-order valence-electron chi connectivity index (χ3n) is 3.78. The highest BCUT2D eigenvalue weighted by Gasteiger charge is 2.17. The van der Waals surface area contributed by atoms with Crippen molar-refractivity contribution in [2.75, 3.05) is 27.2 Å². The number of nitrogens with one attached hydrogen (secondary N) is 1. The number of rotatable bonds is 9. The van der Waals surface area contributed by atoms with Gasteiger partial charge in [0.1, 0.15) is 10.8 Å². The molecule has 0 fully saturated rings. The van der Waals surface area contributed by atoms with Crippen LogP contribution in [0.2, 0.25) is 0 Å². The highest BCUT2D eigenvalue weighted by molar-refractivity contribution is 7.13. The van der Waals surface area contributed by atoms with Crippen molar-refractivity contribution in [3.8, 4) is 0 Å². The summed E-state index contributed by atoms with van der Waals surface area (Å²) in [5.41, 5.74) is 0.797. The van der Waals surface area contributed by atoms with Gasteiger partial charge in [-0.1, -0.05) is 30.4 Å². The Kier molecular flexibility index (Phi) is 7.81. The molecule has 2 rings (SSSR count). The largest absolute Gasteiger partial charge is 0.348 e. The van der Waals surface area contributed by atoms with Crippen LogP contribution in [0.5, 0.6) is 0 Å². The molecule has 2 aromatic rings. The molecule has 0 aliphatic heterocycles. The maximum absolute atomic E-state index is 12.9. The molecule has 0 bridgehead atoms. The van der Waals surface area contributed by atoms with Gasteiger partial charge in [0.15, 0.2) is 0 Å². The third kappa shape index (κ3) is 6.69. The van der Waals surface area contributed by atoms with Crippen LogP contribution >= 0.6 is 11.3 Å². The van der Waals surface area contributed by atoms with Crippen molar-refractivity contribution in [3.63, 3.8) is 0 Å². The zero-order valence-electron chi connectivity index (χ0n) is 15.7. The Morgan fingerprint density at radius 1 is 1.19 bits per heavy atom. The molecule has 2 amide bonds. The first-order valence-electron chi connectivity index (χ1n) is 8.66. The van der Waals surface area contributed by atoms with Crippen LogP contribution in [0.1, 0.15) is 33.7 Å². The molecule has 146 valence electrons. The fourth-order valence-electron chi connectivity index (χ4n) is 2.32. The molecule has 1 aromatic heterocycles. The molecule has 1 heterocycles. The average Bonchev–Trinajstić information content (AvgIpc) is 3.09. The Labute approximate surface area is 162 Å². The maximum Gasteiger partial charge on any atom is 0.282 e. The summed E-state index contributed by atoms with van der Waals surface area (Å²) in [6.45, 7) is 3.85. The fourth-order valence-corrected chi connectivity index (χ4v) is 3.12. The number of halogens is 1. The van der Waals surface area contributed by atoms with Crippen LogP contribution in [0.15, 0.2) is 24.3 Å². The van der Waals surface area contributed by atoms with Crippen LogP contribution < -0.4 is 5.32 Å². The van der Waals surface area contributed by atoms with Crippen molar-refractivity contribution < 1.29 is 14.0 Å². The first kappa shape index (κ1) is 20.9. The van der Waals surface area contributed by atoms with E-state index in [1.54, 1.807) is 31.1 Å². The number of benzene rings is 1. The fraction of sp³-hybridized carbons (Fsp3) is 0.444. The Balaban J connectivity index is 1.92. The van der Waals surface area contributed by atoms with Crippen molar-refractivity contribution in [2.45, 2.75) is 26.4 Å². The molecule has 0 atom stereocenters. The van der Waals surface area contributed by atoms with Gasteiger partial charge in [-0.2, -0.15) is 0 Å². The van der Waals surface area contributed by atoms with Crippen LogP contribution in [-0.4, -0.2) is 59.0 Å². The van der Waals surface area contributed by atoms with E-state index in [-0.39, 0.29) is 29.2 Å². The van der Waals surface area contributed by atoms with E-state index in [1.165, 1.54) is 23.5 Å². The molecule has 1 aromatic carbocycles. The number of hydrogen-bond acceptors (Lipinski definition) is 6. The number of carbonyl (C=O) groups excluding carboxylic acids is 2. The Morgan fingerprint density at radius 2 is 1.89 bits per heavy atom. The Morgan fingerprint density at radius 3 is 2.52 bits per heavy atom. The van der Waals surface area contributed by atoms with Gasteiger partial charge < -0.3 is 10.2 Å². The highest BCUT2D eigenvalue weighted by Crippen LogP contribution is 2.13. The molecule has 1 N–H and O–H groups in total. The van der Waals surface area contributed by atoms with Gasteiger partial charge in [-0.15, -0.1) is 10.2 Å². The molecular weight excluding hydrogens is 369 g/mol. The number of nitrogens with zero attached hydrogens (tertiary/aromatic N) is 4. The second-order valence-corrected chi connectivity index (χ2v) is 7.37. The smallest absolute Gasteiger partial charge is 0.282 e. The van der Waals surface area contributed by atoms with Crippen LogP contribution in [0.25, 0.3) is 0 Å². The second-order valence-electron chi connectivity index (χ2n) is 6.31. The number of amides is 2. The lowest BCUT2D eigenvalue weighted by Gasteiger charge is -2.21. The van der Waals surface area contributed by atoms with Gasteiger partial charge in [0.2, 0.25) is 10.9 Å². The molecule has 0 aliphatic rings. The minimum Gasteiger partial charge on any atom is -0.348 e. The lowest BCUT2D eigenvalue weighted by molar-refractivity contribution is -0.130. The molecule has 0 saturated heterocycles. The summed E-state index contributed by atoms with van der Waals surface area (Å²) >= 11 is 1.21. The molecule has 0 unspecified atom stereocenters.